The molecule has 0 fully saturated rings. The van der Waals surface area contributed by atoms with E-state index in [1.807, 2.05) is 18.2 Å². The summed E-state index contributed by atoms with van der Waals surface area (Å²) in [5, 5.41) is 0.472. The molecule has 21 heavy (non-hydrogen) atoms. The van der Waals surface area contributed by atoms with E-state index in [1.54, 1.807) is 7.11 Å². The normalized spacial score (nSPS) is 11.6. The number of aromatic nitrogens is 2. The van der Waals surface area contributed by atoms with Crippen molar-refractivity contribution in [2.75, 3.05) is 7.11 Å². The average molecular weight is 482 g/mol. The zero-order valence-corrected chi connectivity index (χ0v) is 16.7. The van der Waals surface area contributed by atoms with Crippen molar-refractivity contribution in [3.8, 4) is 17.1 Å². The fourth-order valence-electron chi connectivity index (χ4n) is 1.84. The Balaban J connectivity index is 2.68. The van der Waals surface area contributed by atoms with Crippen molar-refractivity contribution in [3.63, 3.8) is 0 Å². The lowest BCUT2D eigenvalue weighted by Gasteiger charge is -2.21. The molecule has 0 spiro atoms. The van der Waals surface area contributed by atoms with Crippen molar-refractivity contribution < 1.29 is 4.74 Å². The maximum atomic E-state index is 6.30. The summed E-state index contributed by atoms with van der Waals surface area (Å²) in [5.74, 6) is 1.35. The van der Waals surface area contributed by atoms with Gasteiger partial charge in [-0.25, -0.2) is 9.97 Å². The van der Waals surface area contributed by atoms with Crippen molar-refractivity contribution in [2.24, 2.45) is 0 Å². The van der Waals surface area contributed by atoms with Gasteiger partial charge in [-0.15, -0.1) is 0 Å². The summed E-state index contributed by atoms with van der Waals surface area (Å²) in [7, 11) is 1.63. The van der Waals surface area contributed by atoms with Crippen LogP contribution in [-0.2, 0) is 5.41 Å². The Bertz CT molecular complexity index is 686. The van der Waals surface area contributed by atoms with Gasteiger partial charge in [-0.3, -0.25) is 0 Å². The van der Waals surface area contributed by atoms with Crippen molar-refractivity contribution in [1.82, 2.24) is 9.97 Å². The van der Waals surface area contributed by atoms with Gasteiger partial charge in [0, 0.05) is 15.5 Å². The molecular formula is C15H15BrClIN2O. The first-order valence-corrected chi connectivity index (χ1v) is 8.56. The Morgan fingerprint density at radius 1 is 1.24 bits per heavy atom. The summed E-state index contributed by atoms with van der Waals surface area (Å²) in [5.41, 5.74) is 1.69. The topological polar surface area (TPSA) is 35.0 Å². The second-order valence-electron chi connectivity index (χ2n) is 5.60. The van der Waals surface area contributed by atoms with Crippen LogP contribution in [0.2, 0.25) is 5.15 Å². The standard InChI is InChI=1S/C15H15BrClIN2O/c1-15(2,3)12-11(18)13(17)20-14(19-12)9-7-8(21-4)5-6-10(9)16/h5-7H,1-4H3. The fraction of sp³-hybridized carbons (Fsp3) is 0.333. The van der Waals surface area contributed by atoms with E-state index < -0.39 is 0 Å². The maximum Gasteiger partial charge on any atom is 0.162 e. The van der Waals surface area contributed by atoms with Crippen molar-refractivity contribution >= 4 is 50.1 Å². The van der Waals surface area contributed by atoms with E-state index >= 15 is 0 Å². The molecule has 2 aromatic rings. The molecule has 1 aromatic heterocycles. The van der Waals surface area contributed by atoms with Gasteiger partial charge in [-0.05, 0) is 40.8 Å². The number of hydrogen-bond donors (Lipinski definition) is 0. The summed E-state index contributed by atoms with van der Waals surface area (Å²) in [4.78, 5) is 9.14. The molecule has 0 aliphatic rings. The molecule has 0 saturated heterocycles. The smallest absolute Gasteiger partial charge is 0.162 e. The third-order valence-electron chi connectivity index (χ3n) is 2.94. The molecule has 3 nitrogen and oxygen atoms in total. The second-order valence-corrected chi connectivity index (χ2v) is 7.89. The lowest BCUT2D eigenvalue weighted by atomic mass is 9.92. The largest absolute Gasteiger partial charge is 0.497 e. The predicted octanol–water partition coefficient (Wildman–Crippen LogP) is 5.47. The number of benzene rings is 1. The zero-order chi connectivity index (χ0) is 15.8. The molecule has 6 heteroatoms. The van der Waals surface area contributed by atoms with Crippen LogP contribution in [0.5, 0.6) is 5.75 Å². The van der Waals surface area contributed by atoms with Crippen LogP contribution in [0.25, 0.3) is 11.4 Å². The third kappa shape index (κ3) is 3.68. The van der Waals surface area contributed by atoms with Crippen LogP contribution in [0.1, 0.15) is 26.5 Å². The SMILES string of the molecule is COc1ccc(Br)c(-c2nc(Cl)c(I)c(C(C)(C)C)n2)c1. The molecule has 0 amide bonds. The zero-order valence-electron chi connectivity index (χ0n) is 12.2. The molecule has 0 N–H and O–H groups in total. The molecule has 0 bridgehead atoms. The highest BCUT2D eigenvalue weighted by Crippen LogP contribution is 2.34. The first kappa shape index (κ1) is 17.0. The van der Waals surface area contributed by atoms with Gasteiger partial charge in [0.2, 0.25) is 0 Å². The molecule has 1 aromatic carbocycles. The average Bonchev–Trinajstić information content (AvgIpc) is 2.41. The van der Waals surface area contributed by atoms with Crippen LogP contribution in [0.4, 0.5) is 0 Å². The number of hydrogen-bond acceptors (Lipinski definition) is 3. The molecule has 0 aliphatic heterocycles. The Hall–Kier alpha value is -0.400. The lowest BCUT2D eigenvalue weighted by Crippen LogP contribution is -2.17. The number of methoxy groups -OCH3 is 1. The molecular weight excluding hydrogens is 466 g/mol. The van der Waals surface area contributed by atoms with Crippen molar-refractivity contribution in [3.05, 3.63) is 37.1 Å². The minimum Gasteiger partial charge on any atom is -0.497 e. The Morgan fingerprint density at radius 2 is 1.90 bits per heavy atom. The van der Waals surface area contributed by atoms with Gasteiger partial charge in [-0.1, -0.05) is 48.3 Å². The van der Waals surface area contributed by atoms with Crippen LogP contribution in [-0.4, -0.2) is 17.1 Å². The van der Waals surface area contributed by atoms with Crippen LogP contribution in [0.15, 0.2) is 22.7 Å². The summed E-state index contributed by atoms with van der Waals surface area (Å²) in [6.45, 7) is 6.33. The van der Waals surface area contributed by atoms with E-state index in [-0.39, 0.29) is 5.41 Å². The van der Waals surface area contributed by atoms with E-state index in [0.29, 0.717) is 11.0 Å². The Labute approximate surface area is 151 Å². The van der Waals surface area contributed by atoms with E-state index in [0.717, 1.165) is 25.0 Å². The number of nitrogens with zero attached hydrogens (tertiary/aromatic N) is 2. The van der Waals surface area contributed by atoms with E-state index in [1.165, 1.54) is 0 Å². The second kappa shape index (κ2) is 6.38. The summed E-state index contributed by atoms with van der Waals surface area (Å²) >= 11 is 12.0. The molecule has 0 aliphatic carbocycles. The molecule has 0 radical (unpaired) electrons. The molecule has 0 saturated carbocycles. The minimum atomic E-state index is -0.108. The summed E-state index contributed by atoms with van der Waals surface area (Å²) in [6.07, 6.45) is 0. The van der Waals surface area contributed by atoms with Crippen LogP contribution >= 0.6 is 50.1 Å². The lowest BCUT2D eigenvalue weighted by molar-refractivity contribution is 0.415. The minimum absolute atomic E-state index is 0.108. The molecule has 0 atom stereocenters. The summed E-state index contributed by atoms with van der Waals surface area (Å²) in [6, 6.07) is 5.70. The van der Waals surface area contributed by atoms with Gasteiger partial charge in [0.25, 0.3) is 0 Å². The monoisotopic (exact) mass is 480 g/mol. The first-order valence-electron chi connectivity index (χ1n) is 6.31. The molecule has 0 unspecified atom stereocenters. The Morgan fingerprint density at radius 3 is 2.48 bits per heavy atom. The predicted molar refractivity (Wildman–Crippen MR) is 98.1 cm³/mol. The quantitative estimate of drug-likeness (QED) is 0.422. The van der Waals surface area contributed by atoms with Crippen molar-refractivity contribution in [2.45, 2.75) is 26.2 Å². The first-order chi connectivity index (χ1) is 9.74. The fourth-order valence-corrected chi connectivity index (χ4v) is 3.48. The van der Waals surface area contributed by atoms with Crippen molar-refractivity contribution in [1.29, 1.82) is 0 Å². The van der Waals surface area contributed by atoms with Crippen LogP contribution < -0.4 is 4.74 Å². The number of halogens is 3. The molecule has 112 valence electrons. The van der Waals surface area contributed by atoms with Gasteiger partial charge in [-0.2, -0.15) is 0 Å². The van der Waals surface area contributed by atoms with Gasteiger partial charge >= 0.3 is 0 Å². The van der Waals surface area contributed by atoms with Crippen LogP contribution in [0.3, 0.4) is 0 Å². The van der Waals surface area contributed by atoms with Gasteiger partial charge in [0.15, 0.2) is 5.82 Å². The number of ether oxygens (including phenoxy) is 1. The van der Waals surface area contributed by atoms with E-state index in [4.69, 9.17) is 21.3 Å². The number of rotatable bonds is 2. The maximum absolute atomic E-state index is 6.30. The molecule has 2 rings (SSSR count). The molecule has 1 heterocycles. The van der Waals surface area contributed by atoms with E-state index in [9.17, 15) is 0 Å². The van der Waals surface area contributed by atoms with Gasteiger partial charge < -0.3 is 4.74 Å². The highest BCUT2D eigenvalue weighted by molar-refractivity contribution is 14.1. The third-order valence-corrected chi connectivity index (χ3v) is 5.24. The van der Waals surface area contributed by atoms with E-state index in [2.05, 4.69) is 64.3 Å². The highest BCUT2D eigenvalue weighted by Gasteiger charge is 2.23. The van der Waals surface area contributed by atoms with Gasteiger partial charge in [0.05, 0.1) is 16.4 Å². The Kier molecular flexibility index (Phi) is 5.15. The van der Waals surface area contributed by atoms with Crippen LogP contribution in [0, 0.1) is 3.57 Å². The van der Waals surface area contributed by atoms with Gasteiger partial charge in [0.1, 0.15) is 10.9 Å². The summed E-state index contributed by atoms with van der Waals surface area (Å²) < 4.78 is 7.07. The highest BCUT2D eigenvalue weighted by atomic mass is 127.